The first-order valence-corrected chi connectivity index (χ1v) is 15.3. The molecule has 0 spiro atoms. The second-order valence-corrected chi connectivity index (χ2v) is 12.3. The summed E-state index contributed by atoms with van der Waals surface area (Å²) in [6.07, 6.45) is 0.752. The number of rotatable bonds is 13. The van der Waals surface area contributed by atoms with Gasteiger partial charge in [-0.2, -0.15) is 0 Å². The molecule has 2 aromatic heterocycles. The Kier molecular flexibility index (Phi) is 11.1. The molecule has 0 saturated carbocycles. The first-order chi connectivity index (χ1) is 21.9. The van der Waals surface area contributed by atoms with Crippen LogP contribution in [0.1, 0.15) is 80.1 Å². The van der Waals surface area contributed by atoms with Crippen LogP contribution >= 0.6 is 11.3 Å². The number of aromatic nitrogens is 1. The van der Waals surface area contributed by atoms with E-state index in [0.717, 1.165) is 29.0 Å². The maximum absolute atomic E-state index is 13.9. The fraction of sp³-hybridized carbons (Fsp3) is 0.265. The van der Waals surface area contributed by atoms with Crippen LogP contribution in [0.3, 0.4) is 0 Å². The quantitative estimate of drug-likeness (QED) is 0.0644. The number of Topliss-reactive ketones (excluding diaryl/α,β-unsaturated/α-hetero) is 1. The Bertz CT molecular complexity index is 1800. The number of oxime groups is 1. The number of hydrogen-bond donors (Lipinski definition) is 3. The molecule has 0 radical (unpaired) electrons. The minimum absolute atomic E-state index is 0.0526. The van der Waals surface area contributed by atoms with Gasteiger partial charge in [0, 0.05) is 22.5 Å². The van der Waals surface area contributed by atoms with Crippen molar-refractivity contribution in [3.63, 3.8) is 0 Å². The molecular weight excluding hydrogens is 617 g/mol. The van der Waals surface area contributed by atoms with Gasteiger partial charge in [-0.05, 0) is 79.6 Å². The van der Waals surface area contributed by atoms with Gasteiger partial charge < -0.3 is 16.3 Å². The minimum Gasteiger partial charge on any atom is -0.411 e. The highest BCUT2D eigenvalue weighted by molar-refractivity contribution is 7.17. The van der Waals surface area contributed by atoms with Crippen LogP contribution < -0.4 is 11.1 Å². The number of nitrogens with zero attached hydrogens (tertiary/aromatic N) is 2. The number of nitrogens with two attached hydrogens (primary N) is 1. The predicted octanol–water partition coefficient (Wildman–Crippen LogP) is 6.66. The minimum atomic E-state index is -1.03. The summed E-state index contributed by atoms with van der Waals surface area (Å²) in [7, 11) is 0. The van der Waals surface area contributed by atoms with Gasteiger partial charge in [0.1, 0.15) is 5.82 Å². The molecule has 2 aromatic carbocycles. The van der Waals surface area contributed by atoms with Crippen molar-refractivity contribution >= 4 is 34.6 Å². The van der Waals surface area contributed by atoms with Crippen molar-refractivity contribution in [2.24, 2.45) is 16.8 Å². The SMILES string of the molecule is C/C(CC(=O)c1c(CCc2ccc(F)cc2)nc(CC(C)C)c(C(N)=O)c1-c1ccc(C(=O)NCc2ccc(F)c(F)c2)s1)=N/O. The fourth-order valence-electron chi connectivity index (χ4n) is 5.00. The van der Waals surface area contributed by atoms with Crippen molar-refractivity contribution < 1.29 is 32.8 Å². The largest absolute Gasteiger partial charge is 0.411 e. The van der Waals surface area contributed by atoms with Crippen molar-refractivity contribution in [1.82, 2.24) is 10.3 Å². The molecule has 4 aromatic rings. The molecule has 4 N–H and O–H groups in total. The number of thiophene rings is 1. The third-order valence-electron chi connectivity index (χ3n) is 7.14. The lowest BCUT2D eigenvalue weighted by molar-refractivity contribution is 0.0952. The molecule has 0 aliphatic carbocycles. The van der Waals surface area contributed by atoms with E-state index in [2.05, 4.69) is 10.5 Å². The average Bonchev–Trinajstić information content (AvgIpc) is 3.50. The lowest BCUT2D eigenvalue weighted by Gasteiger charge is -2.20. The van der Waals surface area contributed by atoms with Gasteiger partial charge in [0.25, 0.3) is 11.8 Å². The molecule has 0 aliphatic rings. The maximum atomic E-state index is 13.9. The van der Waals surface area contributed by atoms with Crippen LogP contribution in [-0.2, 0) is 25.8 Å². The zero-order valence-corrected chi connectivity index (χ0v) is 26.3. The van der Waals surface area contributed by atoms with E-state index < -0.39 is 29.2 Å². The van der Waals surface area contributed by atoms with Crippen molar-refractivity contribution in [3.05, 3.63) is 111 Å². The second kappa shape index (κ2) is 15.0. The second-order valence-electron chi connectivity index (χ2n) is 11.2. The summed E-state index contributed by atoms with van der Waals surface area (Å²) in [5, 5.41) is 15.1. The van der Waals surface area contributed by atoms with E-state index in [1.165, 1.54) is 31.2 Å². The van der Waals surface area contributed by atoms with Crippen LogP contribution in [0.25, 0.3) is 10.4 Å². The Balaban J connectivity index is 1.83. The lowest BCUT2D eigenvalue weighted by atomic mass is 9.88. The Labute approximate surface area is 268 Å². The molecule has 46 heavy (non-hydrogen) atoms. The molecule has 0 atom stereocenters. The summed E-state index contributed by atoms with van der Waals surface area (Å²) in [6, 6.07) is 12.4. The summed E-state index contributed by atoms with van der Waals surface area (Å²) in [5.74, 6) is -4.13. The van der Waals surface area contributed by atoms with Crippen LogP contribution in [0.2, 0.25) is 0 Å². The number of amides is 2. The van der Waals surface area contributed by atoms with Gasteiger partial charge in [-0.3, -0.25) is 19.4 Å². The number of nitrogens with one attached hydrogen (secondary N) is 1. The monoisotopic (exact) mass is 650 g/mol. The van der Waals surface area contributed by atoms with Gasteiger partial charge in [0.15, 0.2) is 17.4 Å². The molecule has 2 heterocycles. The smallest absolute Gasteiger partial charge is 0.261 e. The molecule has 0 fully saturated rings. The molecule has 240 valence electrons. The third-order valence-corrected chi connectivity index (χ3v) is 8.24. The first-order valence-electron chi connectivity index (χ1n) is 14.5. The zero-order chi connectivity index (χ0) is 33.5. The number of benzene rings is 2. The Morgan fingerprint density at radius 1 is 0.935 bits per heavy atom. The molecule has 12 heteroatoms. The number of hydrogen-bond acceptors (Lipinski definition) is 7. The topological polar surface area (TPSA) is 135 Å². The molecule has 2 amide bonds. The fourth-order valence-corrected chi connectivity index (χ4v) is 5.98. The van der Waals surface area contributed by atoms with Crippen molar-refractivity contribution in [3.8, 4) is 10.4 Å². The van der Waals surface area contributed by atoms with Gasteiger partial charge in [-0.15, -0.1) is 11.3 Å². The van der Waals surface area contributed by atoms with E-state index >= 15 is 0 Å². The van der Waals surface area contributed by atoms with E-state index in [0.29, 0.717) is 34.7 Å². The van der Waals surface area contributed by atoms with Crippen LogP contribution in [-0.4, -0.2) is 33.5 Å². The standard InChI is InChI=1S/C34H33F3N4O4S/c1-18(2)14-26-31(33(38)43)32(28-12-13-29(46-28)34(44)39-17-21-6-10-23(36)24(37)16-21)30(27(42)15-19(3)41-45)25(40-26)11-7-20-4-8-22(35)9-5-20/h4-6,8-10,12-13,16,18,45H,7,11,14-15,17H2,1-3H3,(H2,38,43)(H,39,44)/b41-19-. The summed E-state index contributed by atoms with van der Waals surface area (Å²) in [4.78, 5) is 45.5. The highest BCUT2D eigenvalue weighted by Gasteiger charge is 2.29. The van der Waals surface area contributed by atoms with Gasteiger partial charge in [-0.1, -0.05) is 37.2 Å². The van der Waals surface area contributed by atoms with Crippen LogP contribution in [0.15, 0.2) is 59.8 Å². The Hall–Kier alpha value is -4.84. The summed E-state index contributed by atoms with van der Waals surface area (Å²) in [6.45, 7) is 5.31. The Morgan fingerprint density at radius 2 is 1.63 bits per heavy atom. The van der Waals surface area contributed by atoms with Crippen molar-refractivity contribution in [2.75, 3.05) is 0 Å². The van der Waals surface area contributed by atoms with Crippen LogP contribution in [0, 0.1) is 23.4 Å². The van der Waals surface area contributed by atoms with E-state index in [1.807, 2.05) is 13.8 Å². The highest BCUT2D eigenvalue weighted by Crippen LogP contribution is 2.38. The molecule has 0 bridgehead atoms. The molecule has 0 unspecified atom stereocenters. The van der Waals surface area contributed by atoms with Crippen LogP contribution in [0.4, 0.5) is 13.2 Å². The van der Waals surface area contributed by atoms with E-state index in [1.54, 1.807) is 18.2 Å². The molecule has 0 aliphatic heterocycles. The molecule has 8 nitrogen and oxygen atoms in total. The molecule has 4 rings (SSSR count). The predicted molar refractivity (Wildman–Crippen MR) is 170 cm³/mol. The van der Waals surface area contributed by atoms with Crippen molar-refractivity contribution in [2.45, 2.75) is 53.0 Å². The third kappa shape index (κ3) is 8.25. The van der Waals surface area contributed by atoms with E-state index in [4.69, 9.17) is 10.7 Å². The number of carbonyl (C=O) groups is 3. The van der Waals surface area contributed by atoms with E-state index in [9.17, 15) is 32.8 Å². The normalized spacial score (nSPS) is 11.6. The molecule has 0 saturated heterocycles. The number of carbonyl (C=O) groups excluding carboxylic acids is 3. The van der Waals surface area contributed by atoms with Gasteiger partial charge in [0.2, 0.25) is 0 Å². The van der Waals surface area contributed by atoms with Crippen LogP contribution in [0.5, 0.6) is 0 Å². The van der Waals surface area contributed by atoms with Crippen molar-refractivity contribution in [1.29, 1.82) is 0 Å². The van der Waals surface area contributed by atoms with E-state index in [-0.39, 0.29) is 58.4 Å². The highest BCUT2D eigenvalue weighted by atomic mass is 32.1. The Morgan fingerprint density at radius 3 is 2.26 bits per heavy atom. The number of primary amides is 1. The number of halogens is 3. The summed E-state index contributed by atoms with van der Waals surface area (Å²) in [5.41, 5.74) is 8.40. The van der Waals surface area contributed by atoms with Gasteiger partial charge in [-0.25, -0.2) is 13.2 Å². The maximum Gasteiger partial charge on any atom is 0.261 e. The van der Waals surface area contributed by atoms with Gasteiger partial charge in [0.05, 0.1) is 34.0 Å². The number of ketones is 1. The summed E-state index contributed by atoms with van der Waals surface area (Å²) >= 11 is 1.02. The number of aryl methyl sites for hydroxylation is 2. The zero-order valence-electron chi connectivity index (χ0n) is 25.5. The van der Waals surface area contributed by atoms with Gasteiger partial charge >= 0.3 is 0 Å². The first kappa shape index (κ1) is 34.0. The average molecular weight is 651 g/mol. The number of pyridine rings is 1. The lowest BCUT2D eigenvalue weighted by Crippen LogP contribution is -2.23. The summed E-state index contributed by atoms with van der Waals surface area (Å²) < 4.78 is 40.5. The molecular formula is C34H33F3N4O4S.